The molecule has 0 atom stereocenters. The fourth-order valence-corrected chi connectivity index (χ4v) is 2.72. The van der Waals surface area contributed by atoms with E-state index in [4.69, 9.17) is 9.47 Å². The van der Waals surface area contributed by atoms with Crippen LogP contribution in [0, 0.1) is 6.92 Å². The summed E-state index contributed by atoms with van der Waals surface area (Å²) in [4.78, 5) is 28.5. The van der Waals surface area contributed by atoms with Gasteiger partial charge in [0.05, 0.1) is 5.69 Å². The minimum Gasteiger partial charge on any atom is -0.482 e. The van der Waals surface area contributed by atoms with Crippen LogP contribution in [0.15, 0.2) is 53.5 Å². The number of hydrogen-bond donors (Lipinski definition) is 0. The maximum atomic E-state index is 12.2. The lowest BCUT2D eigenvalue weighted by Crippen LogP contribution is -2.18. The molecule has 0 unspecified atom stereocenters. The molecule has 0 saturated carbocycles. The first-order chi connectivity index (χ1) is 13.2. The van der Waals surface area contributed by atoms with E-state index < -0.39 is 5.97 Å². The maximum Gasteiger partial charge on any atom is 0.344 e. The molecule has 0 aliphatic carbocycles. The highest BCUT2D eigenvalue weighted by atomic mass is 16.6. The Bertz CT molecular complexity index is 1050. The summed E-state index contributed by atoms with van der Waals surface area (Å²) in [6, 6.07) is 12.6. The molecular formula is C22H24N2O4. The lowest BCUT2D eigenvalue weighted by Gasteiger charge is -2.19. The van der Waals surface area contributed by atoms with Crippen LogP contribution in [0.2, 0.25) is 0 Å². The molecular weight excluding hydrogens is 356 g/mol. The van der Waals surface area contributed by atoms with Crippen LogP contribution < -0.4 is 10.3 Å². The predicted octanol–water partition coefficient (Wildman–Crippen LogP) is 3.42. The molecule has 6 heteroatoms. The Morgan fingerprint density at radius 1 is 1.11 bits per heavy atom. The van der Waals surface area contributed by atoms with Gasteiger partial charge < -0.3 is 9.47 Å². The average Bonchev–Trinajstić information content (AvgIpc) is 2.65. The molecule has 0 aliphatic rings. The van der Waals surface area contributed by atoms with Crippen molar-refractivity contribution >= 4 is 11.6 Å². The minimum atomic E-state index is -0.522. The number of rotatable bonds is 5. The Labute approximate surface area is 163 Å². The molecule has 0 bridgehead atoms. The van der Waals surface area contributed by atoms with Crippen molar-refractivity contribution < 1.29 is 14.3 Å². The zero-order chi connectivity index (χ0) is 20.3. The smallest absolute Gasteiger partial charge is 0.344 e. The van der Waals surface area contributed by atoms with Gasteiger partial charge >= 0.3 is 5.97 Å². The predicted molar refractivity (Wildman–Crippen MR) is 107 cm³/mol. The van der Waals surface area contributed by atoms with Crippen molar-refractivity contribution in [3.05, 3.63) is 75.8 Å². The van der Waals surface area contributed by atoms with E-state index >= 15 is 0 Å². The van der Waals surface area contributed by atoms with Crippen molar-refractivity contribution in [1.82, 2.24) is 9.38 Å². The summed E-state index contributed by atoms with van der Waals surface area (Å²) in [6.07, 6.45) is 1.72. The highest BCUT2D eigenvalue weighted by molar-refractivity contribution is 5.71. The van der Waals surface area contributed by atoms with Gasteiger partial charge in [0.15, 0.2) is 6.61 Å². The van der Waals surface area contributed by atoms with Crippen molar-refractivity contribution in [2.75, 3.05) is 6.61 Å². The molecule has 0 aliphatic heterocycles. The molecule has 0 spiro atoms. The standard InChI is InChI=1S/C22H24N2O4/c1-15-5-10-19-23-17(11-20(25)24(19)12-15)13-28-21(26)14-27-18-8-6-16(7-9-18)22(2,3)4/h5-12H,13-14H2,1-4H3. The lowest BCUT2D eigenvalue weighted by molar-refractivity contribution is -0.147. The fraction of sp³-hybridized carbons (Fsp3) is 0.318. The van der Waals surface area contributed by atoms with Gasteiger partial charge in [-0.1, -0.05) is 39.0 Å². The number of pyridine rings is 1. The minimum absolute atomic E-state index is 0.0573. The molecule has 0 amide bonds. The van der Waals surface area contributed by atoms with Gasteiger partial charge in [-0.3, -0.25) is 9.20 Å². The monoisotopic (exact) mass is 380 g/mol. The second kappa shape index (κ2) is 7.84. The molecule has 0 saturated heterocycles. The third-order valence-corrected chi connectivity index (χ3v) is 4.32. The van der Waals surface area contributed by atoms with Crippen molar-refractivity contribution in [3.63, 3.8) is 0 Å². The van der Waals surface area contributed by atoms with Crippen LogP contribution in [0.25, 0.3) is 5.65 Å². The zero-order valence-electron chi connectivity index (χ0n) is 16.6. The lowest BCUT2D eigenvalue weighted by atomic mass is 9.87. The summed E-state index contributed by atoms with van der Waals surface area (Å²) in [5.74, 6) is 0.0770. The van der Waals surface area contributed by atoms with Crippen LogP contribution in [0.3, 0.4) is 0 Å². The number of hydrogen-bond acceptors (Lipinski definition) is 5. The van der Waals surface area contributed by atoms with Gasteiger partial charge in [0.2, 0.25) is 0 Å². The summed E-state index contributed by atoms with van der Waals surface area (Å²) in [5.41, 5.74) is 2.90. The van der Waals surface area contributed by atoms with Crippen LogP contribution in [0.1, 0.15) is 37.6 Å². The summed E-state index contributed by atoms with van der Waals surface area (Å²) in [7, 11) is 0. The fourth-order valence-electron chi connectivity index (χ4n) is 2.72. The Hall–Kier alpha value is -3.15. The molecule has 2 aromatic heterocycles. The summed E-state index contributed by atoms with van der Waals surface area (Å²) >= 11 is 0. The van der Waals surface area contributed by atoms with Gasteiger partial charge in [-0.25, -0.2) is 9.78 Å². The van der Waals surface area contributed by atoms with E-state index in [0.29, 0.717) is 17.1 Å². The van der Waals surface area contributed by atoms with Crippen LogP contribution in [-0.4, -0.2) is 22.0 Å². The number of nitrogens with zero attached hydrogens (tertiary/aromatic N) is 2. The highest BCUT2D eigenvalue weighted by Gasteiger charge is 2.13. The number of fused-ring (bicyclic) bond motifs is 1. The third-order valence-electron chi connectivity index (χ3n) is 4.32. The molecule has 3 aromatic rings. The zero-order valence-corrected chi connectivity index (χ0v) is 16.6. The topological polar surface area (TPSA) is 69.9 Å². The number of ether oxygens (including phenoxy) is 2. The number of carbonyl (C=O) groups is 1. The molecule has 1 aromatic carbocycles. The van der Waals surface area contributed by atoms with Gasteiger partial charge in [-0.15, -0.1) is 0 Å². The summed E-state index contributed by atoms with van der Waals surface area (Å²) < 4.78 is 12.1. The van der Waals surface area contributed by atoms with Gasteiger partial charge in [0.25, 0.3) is 5.56 Å². The van der Waals surface area contributed by atoms with Gasteiger partial charge in [-0.05, 0) is 41.7 Å². The number of aryl methyl sites for hydroxylation is 1. The number of carbonyl (C=O) groups excluding carboxylic acids is 1. The largest absolute Gasteiger partial charge is 0.482 e. The Kier molecular flexibility index (Phi) is 5.49. The van der Waals surface area contributed by atoms with Crippen LogP contribution in [0.4, 0.5) is 0 Å². The van der Waals surface area contributed by atoms with E-state index in [1.165, 1.54) is 16.0 Å². The van der Waals surface area contributed by atoms with Gasteiger partial charge in [-0.2, -0.15) is 0 Å². The Morgan fingerprint density at radius 3 is 2.50 bits per heavy atom. The van der Waals surface area contributed by atoms with E-state index in [-0.39, 0.29) is 24.2 Å². The quantitative estimate of drug-likeness (QED) is 0.635. The Balaban J connectivity index is 1.56. The van der Waals surface area contributed by atoms with Crippen molar-refractivity contribution in [2.24, 2.45) is 0 Å². The molecule has 2 heterocycles. The van der Waals surface area contributed by atoms with Crippen molar-refractivity contribution in [2.45, 2.75) is 39.7 Å². The van der Waals surface area contributed by atoms with Crippen molar-refractivity contribution in [1.29, 1.82) is 0 Å². The molecule has 3 rings (SSSR count). The normalized spacial score (nSPS) is 11.4. The second-order valence-corrected chi connectivity index (χ2v) is 7.74. The van der Waals surface area contributed by atoms with Gasteiger partial charge in [0.1, 0.15) is 18.0 Å². The van der Waals surface area contributed by atoms with Crippen molar-refractivity contribution in [3.8, 4) is 5.75 Å². The van der Waals surface area contributed by atoms with E-state index in [9.17, 15) is 9.59 Å². The van der Waals surface area contributed by atoms with E-state index in [1.54, 1.807) is 12.3 Å². The van der Waals surface area contributed by atoms with Crippen LogP contribution >= 0.6 is 0 Å². The molecule has 0 radical (unpaired) electrons. The first-order valence-electron chi connectivity index (χ1n) is 9.10. The summed E-state index contributed by atoms with van der Waals surface area (Å²) in [6.45, 7) is 8.01. The second-order valence-electron chi connectivity index (χ2n) is 7.74. The van der Waals surface area contributed by atoms with E-state index in [2.05, 4.69) is 25.8 Å². The molecule has 0 fully saturated rings. The number of esters is 1. The number of benzene rings is 1. The highest BCUT2D eigenvalue weighted by Crippen LogP contribution is 2.24. The van der Waals surface area contributed by atoms with Crippen LogP contribution in [0.5, 0.6) is 5.75 Å². The third kappa shape index (κ3) is 4.76. The molecule has 6 nitrogen and oxygen atoms in total. The van der Waals surface area contributed by atoms with Crippen LogP contribution in [-0.2, 0) is 21.6 Å². The molecule has 146 valence electrons. The molecule has 0 N–H and O–H groups in total. The average molecular weight is 380 g/mol. The maximum absolute atomic E-state index is 12.2. The Morgan fingerprint density at radius 2 is 1.82 bits per heavy atom. The molecule has 28 heavy (non-hydrogen) atoms. The number of aromatic nitrogens is 2. The first-order valence-corrected chi connectivity index (χ1v) is 9.10. The summed E-state index contributed by atoms with van der Waals surface area (Å²) in [5, 5.41) is 0. The van der Waals surface area contributed by atoms with E-state index in [0.717, 1.165) is 5.56 Å². The SMILES string of the molecule is Cc1ccc2nc(COC(=O)COc3ccc(C(C)(C)C)cc3)cc(=O)n2c1. The van der Waals surface area contributed by atoms with Gasteiger partial charge in [0, 0.05) is 12.3 Å². The first kappa shape index (κ1) is 19.6. The van der Waals surface area contributed by atoms with E-state index in [1.807, 2.05) is 37.3 Å².